The van der Waals surface area contributed by atoms with Crippen LogP contribution in [-0.2, 0) is 0 Å². The maximum absolute atomic E-state index is 11.2. The molecule has 1 aliphatic carbocycles. The molecule has 0 heterocycles. The molecule has 132 valence electrons. The van der Waals surface area contributed by atoms with Crippen molar-refractivity contribution in [3.05, 3.63) is 90.5 Å². The molecule has 1 fully saturated rings. The zero-order valence-electron chi connectivity index (χ0n) is 15.0. The van der Waals surface area contributed by atoms with Crippen molar-refractivity contribution in [3.8, 4) is 0 Å². The molecule has 3 aromatic rings. The van der Waals surface area contributed by atoms with E-state index in [2.05, 4.69) is 84.9 Å². The lowest BCUT2D eigenvalue weighted by atomic mass is 9.94. The Morgan fingerprint density at radius 3 is 1.77 bits per heavy atom. The van der Waals surface area contributed by atoms with Gasteiger partial charge in [-0.3, -0.25) is 0 Å². The van der Waals surface area contributed by atoms with Gasteiger partial charge in [0.2, 0.25) is 0 Å². The summed E-state index contributed by atoms with van der Waals surface area (Å²) in [6.45, 7) is 0. The second kappa shape index (κ2) is 8.16. The molecule has 1 saturated carbocycles. The Balaban J connectivity index is 1.82. The van der Waals surface area contributed by atoms with E-state index in [0.29, 0.717) is 5.92 Å². The lowest BCUT2D eigenvalue weighted by molar-refractivity contribution is 0.112. The van der Waals surface area contributed by atoms with Crippen molar-refractivity contribution in [2.24, 2.45) is 5.92 Å². The molecule has 1 N–H and O–H groups in total. The van der Waals surface area contributed by atoms with Gasteiger partial charge in [-0.2, -0.15) is 0 Å². The van der Waals surface area contributed by atoms with Crippen LogP contribution >= 0.6 is 7.92 Å². The highest BCUT2D eigenvalue weighted by Crippen LogP contribution is 2.40. The Morgan fingerprint density at radius 1 is 0.692 bits per heavy atom. The van der Waals surface area contributed by atoms with Crippen LogP contribution in [0.2, 0.25) is 0 Å². The van der Waals surface area contributed by atoms with Crippen LogP contribution in [0.3, 0.4) is 0 Å². The fraction of sp³-hybridized carbons (Fsp3) is 0.250. The van der Waals surface area contributed by atoms with Gasteiger partial charge in [0.25, 0.3) is 0 Å². The Bertz CT molecular complexity index is 786. The van der Waals surface area contributed by atoms with Crippen LogP contribution in [0.1, 0.15) is 37.4 Å². The summed E-state index contributed by atoms with van der Waals surface area (Å²) in [5, 5.41) is 15.1. The highest BCUT2D eigenvalue weighted by molar-refractivity contribution is 7.79. The molecular weight excluding hydrogens is 335 g/mol. The zero-order chi connectivity index (χ0) is 17.8. The second-order valence-corrected chi connectivity index (χ2v) is 9.24. The first-order chi connectivity index (χ1) is 12.8. The van der Waals surface area contributed by atoms with Crippen molar-refractivity contribution in [1.29, 1.82) is 0 Å². The molecule has 0 amide bonds. The quantitative estimate of drug-likeness (QED) is 0.656. The Morgan fingerprint density at radius 2 is 1.19 bits per heavy atom. The predicted octanol–water partition coefficient (Wildman–Crippen LogP) is 4.67. The number of rotatable bonds is 5. The molecule has 1 aliphatic rings. The Hall–Kier alpha value is -1.95. The van der Waals surface area contributed by atoms with Crippen LogP contribution in [0.5, 0.6) is 0 Å². The minimum atomic E-state index is -0.674. The van der Waals surface area contributed by atoms with Crippen molar-refractivity contribution in [1.82, 2.24) is 0 Å². The van der Waals surface area contributed by atoms with Crippen LogP contribution in [-0.4, -0.2) is 5.11 Å². The summed E-state index contributed by atoms with van der Waals surface area (Å²) < 4.78 is 0. The van der Waals surface area contributed by atoms with Crippen molar-refractivity contribution in [2.45, 2.75) is 31.8 Å². The minimum absolute atomic E-state index is 0.355. The van der Waals surface area contributed by atoms with E-state index in [0.717, 1.165) is 18.4 Å². The van der Waals surface area contributed by atoms with Crippen LogP contribution in [0.15, 0.2) is 84.9 Å². The zero-order valence-corrected chi connectivity index (χ0v) is 15.9. The lowest BCUT2D eigenvalue weighted by Crippen LogP contribution is -2.26. The summed E-state index contributed by atoms with van der Waals surface area (Å²) in [5.74, 6) is 0.402. The fourth-order valence-electron chi connectivity index (χ4n) is 4.05. The van der Waals surface area contributed by atoms with Crippen LogP contribution < -0.4 is 15.9 Å². The Labute approximate surface area is 157 Å². The maximum atomic E-state index is 11.2. The fourth-order valence-corrected chi connectivity index (χ4v) is 6.54. The largest absolute Gasteiger partial charge is 0.388 e. The van der Waals surface area contributed by atoms with Crippen LogP contribution in [0, 0.1) is 5.92 Å². The molecule has 26 heavy (non-hydrogen) atoms. The summed E-state index contributed by atoms with van der Waals surface area (Å²) in [4.78, 5) is 0. The third-order valence-electron chi connectivity index (χ3n) is 5.37. The number of hydrogen-bond donors (Lipinski definition) is 1. The normalized spacial score (nSPS) is 16.1. The van der Waals surface area contributed by atoms with Crippen molar-refractivity contribution in [3.63, 3.8) is 0 Å². The highest BCUT2D eigenvalue weighted by atomic mass is 31.1. The van der Waals surface area contributed by atoms with E-state index in [4.69, 9.17) is 0 Å². The first kappa shape index (κ1) is 17.5. The molecule has 0 aliphatic heterocycles. The van der Waals surface area contributed by atoms with Gasteiger partial charge in [0, 0.05) is 0 Å². The van der Waals surface area contributed by atoms with Crippen LogP contribution in [0.4, 0.5) is 0 Å². The van der Waals surface area contributed by atoms with E-state index in [9.17, 15) is 5.11 Å². The first-order valence-electron chi connectivity index (χ1n) is 9.52. The molecule has 4 rings (SSSR count). The van der Waals surface area contributed by atoms with Gasteiger partial charge < -0.3 is 5.11 Å². The number of hydrogen-bond acceptors (Lipinski definition) is 1. The minimum Gasteiger partial charge on any atom is -0.388 e. The first-order valence-corrected chi connectivity index (χ1v) is 10.9. The third-order valence-corrected chi connectivity index (χ3v) is 7.89. The molecular formula is C24H25OP. The summed E-state index contributed by atoms with van der Waals surface area (Å²) >= 11 is 0. The molecule has 0 spiro atoms. The lowest BCUT2D eigenvalue weighted by Gasteiger charge is -2.26. The summed E-state index contributed by atoms with van der Waals surface area (Å²) in [6, 6.07) is 30.0. The smallest absolute Gasteiger partial charge is 0.0824 e. The highest BCUT2D eigenvalue weighted by Gasteiger charge is 2.28. The van der Waals surface area contributed by atoms with E-state index in [1.807, 2.05) is 0 Å². The van der Waals surface area contributed by atoms with Crippen molar-refractivity contribution < 1.29 is 5.11 Å². The molecule has 0 aromatic heterocycles. The molecule has 0 saturated heterocycles. The Kier molecular flexibility index (Phi) is 5.48. The van der Waals surface area contributed by atoms with E-state index < -0.39 is 7.92 Å². The van der Waals surface area contributed by atoms with Gasteiger partial charge in [-0.05, 0) is 48.2 Å². The average molecular weight is 360 g/mol. The van der Waals surface area contributed by atoms with E-state index >= 15 is 0 Å². The van der Waals surface area contributed by atoms with Crippen molar-refractivity contribution in [2.75, 3.05) is 0 Å². The summed E-state index contributed by atoms with van der Waals surface area (Å²) in [7, 11) is -0.674. The predicted molar refractivity (Wildman–Crippen MR) is 112 cm³/mol. The van der Waals surface area contributed by atoms with Gasteiger partial charge in [-0.1, -0.05) is 97.8 Å². The molecule has 0 radical (unpaired) electrons. The number of aliphatic hydroxyl groups excluding tert-OH is 1. The van der Waals surface area contributed by atoms with Gasteiger partial charge >= 0.3 is 0 Å². The van der Waals surface area contributed by atoms with E-state index in [1.54, 1.807) is 0 Å². The van der Waals surface area contributed by atoms with Gasteiger partial charge in [-0.25, -0.2) is 0 Å². The standard InChI is InChI=1S/C24H25OP/c25-24(19-11-7-8-12-19)22-17-9-10-18-23(22)26(20-13-3-1-4-14-20)21-15-5-2-6-16-21/h1-6,9-10,13-19,24-25H,7-8,11-12H2/t24-/m1/s1. The van der Waals surface area contributed by atoms with Gasteiger partial charge in [0.05, 0.1) is 6.10 Å². The average Bonchev–Trinajstić information content (AvgIpc) is 3.25. The monoisotopic (exact) mass is 360 g/mol. The van der Waals surface area contributed by atoms with Gasteiger partial charge in [-0.15, -0.1) is 0 Å². The van der Waals surface area contributed by atoms with Crippen molar-refractivity contribution >= 4 is 23.8 Å². The molecule has 2 heteroatoms. The molecule has 1 nitrogen and oxygen atoms in total. The SMILES string of the molecule is O[C@@H](c1ccccc1P(c1ccccc1)c1ccccc1)C1CCCC1. The number of benzene rings is 3. The van der Waals surface area contributed by atoms with Gasteiger partial charge in [0.15, 0.2) is 0 Å². The maximum Gasteiger partial charge on any atom is 0.0824 e. The third kappa shape index (κ3) is 3.61. The van der Waals surface area contributed by atoms with E-state index in [1.165, 1.54) is 28.8 Å². The molecule has 1 atom stereocenters. The van der Waals surface area contributed by atoms with E-state index in [-0.39, 0.29) is 6.10 Å². The number of aliphatic hydroxyl groups is 1. The van der Waals surface area contributed by atoms with Gasteiger partial charge in [0.1, 0.15) is 0 Å². The van der Waals surface area contributed by atoms with Crippen LogP contribution in [0.25, 0.3) is 0 Å². The molecule has 3 aromatic carbocycles. The topological polar surface area (TPSA) is 20.2 Å². The summed E-state index contributed by atoms with van der Waals surface area (Å²) in [6.07, 6.45) is 4.42. The molecule has 0 unspecified atom stereocenters. The second-order valence-electron chi connectivity index (χ2n) is 7.05. The molecule has 0 bridgehead atoms. The summed E-state index contributed by atoms with van der Waals surface area (Å²) in [5.41, 5.74) is 1.12.